The van der Waals surface area contributed by atoms with Crippen molar-refractivity contribution in [2.24, 2.45) is 11.8 Å². The molecule has 1 aromatic heterocycles. The topological polar surface area (TPSA) is 73.2 Å². The van der Waals surface area contributed by atoms with Gasteiger partial charge in [0.05, 0.1) is 12.0 Å². The van der Waals surface area contributed by atoms with Crippen LogP contribution >= 0.6 is 0 Å². The second-order valence-electron chi connectivity index (χ2n) is 6.64. The van der Waals surface area contributed by atoms with Crippen LogP contribution in [0, 0.1) is 11.8 Å². The van der Waals surface area contributed by atoms with Crippen molar-refractivity contribution in [2.45, 2.75) is 33.7 Å². The van der Waals surface area contributed by atoms with Gasteiger partial charge in [0.1, 0.15) is 11.6 Å². The van der Waals surface area contributed by atoms with Gasteiger partial charge in [0.25, 0.3) is 5.56 Å². The average molecular weight is 327 g/mol. The third-order valence-corrected chi connectivity index (χ3v) is 3.92. The minimum absolute atomic E-state index is 0.0456. The van der Waals surface area contributed by atoms with E-state index in [1.807, 2.05) is 33.8 Å². The van der Waals surface area contributed by atoms with Gasteiger partial charge in [0.2, 0.25) is 11.8 Å². The number of nitrogens with one attached hydrogen (secondary N) is 1. The predicted molar refractivity (Wildman–Crippen MR) is 92.1 cm³/mol. The van der Waals surface area contributed by atoms with E-state index in [1.54, 1.807) is 18.2 Å². The lowest BCUT2D eigenvalue weighted by atomic mass is 9.99. The summed E-state index contributed by atoms with van der Waals surface area (Å²) in [5.74, 6) is 0.653. The Hall–Kier alpha value is -2.63. The van der Waals surface area contributed by atoms with Crippen molar-refractivity contribution < 1.29 is 9.53 Å². The number of aromatic nitrogens is 2. The standard InChI is InChI=1S/C18H21N3O3/c1-10(2)9-13-15-20-17-12(7-5-6-8-24-17)18(23)21(15)14(11(3)4)16(22)19-13/h5-11,14H,1-4H3,(H,19,22). The minimum Gasteiger partial charge on any atom is -0.446 e. The van der Waals surface area contributed by atoms with Gasteiger partial charge in [-0.15, -0.1) is 0 Å². The number of fused-ring (bicyclic) bond motifs is 2. The van der Waals surface area contributed by atoms with E-state index in [0.717, 1.165) is 0 Å². The molecule has 0 saturated carbocycles. The fourth-order valence-electron chi connectivity index (χ4n) is 2.94. The molecule has 1 atom stereocenters. The maximum absolute atomic E-state index is 13.1. The second-order valence-corrected chi connectivity index (χ2v) is 6.64. The summed E-state index contributed by atoms with van der Waals surface area (Å²) in [5.41, 5.74) is 0.638. The highest BCUT2D eigenvalue weighted by Gasteiger charge is 2.35. The maximum atomic E-state index is 13.1. The number of ether oxygens (including phenoxy) is 1. The van der Waals surface area contributed by atoms with E-state index in [0.29, 0.717) is 17.1 Å². The molecule has 1 amide bonds. The molecule has 0 aromatic carbocycles. The van der Waals surface area contributed by atoms with Crippen molar-refractivity contribution in [1.29, 1.82) is 0 Å². The number of hydrogen-bond donors (Lipinski definition) is 1. The van der Waals surface area contributed by atoms with Crippen LogP contribution in [0.5, 0.6) is 5.88 Å². The fraction of sp³-hybridized carbons (Fsp3) is 0.389. The molecule has 0 bridgehead atoms. The first-order valence-corrected chi connectivity index (χ1v) is 8.09. The first-order valence-electron chi connectivity index (χ1n) is 8.09. The fourth-order valence-corrected chi connectivity index (χ4v) is 2.94. The zero-order valence-electron chi connectivity index (χ0n) is 14.2. The van der Waals surface area contributed by atoms with Gasteiger partial charge in [0.15, 0.2) is 5.82 Å². The van der Waals surface area contributed by atoms with Gasteiger partial charge in [-0.1, -0.05) is 39.8 Å². The molecule has 0 aliphatic carbocycles. The molecule has 2 aliphatic heterocycles. The van der Waals surface area contributed by atoms with Crippen molar-refractivity contribution >= 4 is 17.7 Å². The highest BCUT2D eigenvalue weighted by Crippen LogP contribution is 2.29. The Morgan fingerprint density at radius 2 is 2.00 bits per heavy atom. The first kappa shape index (κ1) is 16.2. The van der Waals surface area contributed by atoms with E-state index in [4.69, 9.17) is 4.74 Å². The van der Waals surface area contributed by atoms with Crippen LogP contribution in [0.25, 0.3) is 11.8 Å². The van der Waals surface area contributed by atoms with E-state index in [-0.39, 0.29) is 29.2 Å². The largest absolute Gasteiger partial charge is 0.446 e. The van der Waals surface area contributed by atoms with Crippen LogP contribution in [0.15, 0.2) is 29.3 Å². The lowest BCUT2D eigenvalue weighted by Crippen LogP contribution is -2.47. The Bertz CT molecular complexity index is 829. The molecule has 0 saturated heterocycles. The Morgan fingerprint density at radius 3 is 2.67 bits per heavy atom. The zero-order valence-corrected chi connectivity index (χ0v) is 14.2. The summed E-state index contributed by atoms with van der Waals surface area (Å²) in [7, 11) is 0. The molecule has 3 heterocycles. The van der Waals surface area contributed by atoms with E-state index in [1.165, 1.54) is 10.8 Å². The van der Waals surface area contributed by atoms with Crippen LogP contribution < -0.4 is 15.6 Å². The summed E-state index contributed by atoms with van der Waals surface area (Å²) in [6.07, 6.45) is 8.46. The summed E-state index contributed by atoms with van der Waals surface area (Å²) < 4.78 is 6.96. The van der Waals surface area contributed by atoms with Gasteiger partial charge in [-0.05, 0) is 24.0 Å². The quantitative estimate of drug-likeness (QED) is 0.906. The van der Waals surface area contributed by atoms with Crippen LogP contribution in [-0.4, -0.2) is 15.5 Å². The number of allylic oxidation sites excluding steroid dienone is 3. The highest BCUT2D eigenvalue weighted by molar-refractivity contribution is 5.91. The summed E-state index contributed by atoms with van der Waals surface area (Å²) in [6.45, 7) is 7.83. The molecule has 0 spiro atoms. The lowest BCUT2D eigenvalue weighted by Gasteiger charge is -2.31. The minimum atomic E-state index is -0.598. The van der Waals surface area contributed by atoms with Gasteiger partial charge in [-0.25, -0.2) is 0 Å². The molecule has 126 valence electrons. The van der Waals surface area contributed by atoms with Gasteiger partial charge in [-0.3, -0.25) is 14.2 Å². The van der Waals surface area contributed by atoms with Crippen LogP contribution in [0.3, 0.4) is 0 Å². The van der Waals surface area contributed by atoms with Crippen LogP contribution in [0.1, 0.15) is 45.1 Å². The number of nitrogens with zero attached hydrogens (tertiary/aromatic N) is 2. The maximum Gasteiger partial charge on any atom is 0.265 e. The molecule has 0 fully saturated rings. The molecule has 3 rings (SSSR count). The van der Waals surface area contributed by atoms with Gasteiger partial charge in [0, 0.05) is 0 Å². The van der Waals surface area contributed by atoms with Gasteiger partial charge in [-0.2, -0.15) is 4.98 Å². The van der Waals surface area contributed by atoms with Crippen LogP contribution in [-0.2, 0) is 4.79 Å². The van der Waals surface area contributed by atoms with Crippen molar-refractivity contribution in [3.63, 3.8) is 0 Å². The summed E-state index contributed by atoms with van der Waals surface area (Å²) in [6, 6.07) is -0.598. The van der Waals surface area contributed by atoms with Crippen LogP contribution in [0.4, 0.5) is 0 Å². The predicted octanol–water partition coefficient (Wildman–Crippen LogP) is 2.49. The molecular formula is C18H21N3O3. The Morgan fingerprint density at radius 1 is 1.25 bits per heavy atom. The summed E-state index contributed by atoms with van der Waals surface area (Å²) >= 11 is 0. The van der Waals surface area contributed by atoms with E-state index >= 15 is 0 Å². The molecule has 1 aromatic rings. The van der Waals surface area contributed by atoms with E-state index < -0.39 is 6.04 Å². The zero-order chi connectivity index (χ0) is 17.4. The molecule has 2 aliphatic rings. The monoisotopic (exact) mass is 327 g/mol. The van der Waals surface area contributed by atoms with E-state index in [2.05, 4.69) is 10.3 Å². The van der Waals surface area contributed by atoms with E-state index in [9.17, 15) is 9.59 Å². The smallest absolute Gasteiger partial charge is 0.265 e. The Kier molecular flexibility index (Phi) is 4.13. The number of carbonyl (C=O) groups is 1. The number of hydrogen-bond acceptors (Lipinski definition) is 4. The van der Waals surface area contributed by atoms with Crippen LogP contribution in [0.2, 0.25) is 0 Å². The number of carbonyl (C=O) groups excluding carboxylic acids is 1. The average Bonchev–Trinajstić information content (AvgIpc) is 2.73. The molecule has 0 radical (unpaired) electrons. The number of rotatable bonds is 2. The van der Waals surface area contributed by atoms with Gasteiger partial charge >= 0.3 is 0 Å². The third-order valence-electron chi connectivity index (χ3n) is 3.92. The Labute approximate surface area is 140 Å². The van der Waals surface area contributed by atoms with Gasteiger partial charge < -0.3 is 10.1 Å². The molecular weight excluding hydrogens is 306 g/mol. The molecule has 6 heteroatoms. The summed E-state index contributed by atoms with van der Waals surface area (Å²) in [4.78, 5) is 30.2. The summed E-state index contributed by atoms with van der Waals surface area (Å²) in [5, 5.41) is 2.89. The van der Waals surface area contributed by atoms with Crippen molar-refractivity contribution in [3.05, 3.63) is 46.2 Å². The normalized spacial score (nSPS) is 20.7. The van der Waals surface area contributed by atoms with Crippen molar-refractivity contribution in [2.75, 3.05) is 0 Å². The molecule has 1 N–H and O–H groups in total. The molecule has 24 heavy (non-hydrogen) atoms. The number of amides is 1. The lowest BCUT2D eigenvalue weighted by molar-refractivity contribution is -0.125. The van der Waals surface area contributed by atoms with Crippen molar-refractivity contribution in [1.82, 2.24) is 14.9 Å². The highest BCUT2D eigenvalue weighted by atomic mass is 16.5. The first-order chi connectivity index (χ1) is 11.4. The Balaban J connectivity index is 2.33. The molecule has 6 nitrogen and oxygen atoms in total. The second kappa shape index (κ2) is 6.11. The SMILES string of the molecule is CC(C)C=C1NC(=O)C(C(C)C)n2c1nc1c(c2=O)C=CC=CO1. The third kappa shape index (κ3) is 2.68. The molecule has 1 unspecified atom stereocenters. The van der Waals surface area contributed by atoms with Crippen molar-refractivity contribution in [3.8, 4) is 5.88 Å².